The zero-order valence-corrected chi connectivity index (χ0v) is 12.9. The van der Waals surface area contributed by atoms with E-state index in [9.17, 15) is 8.42 Å². The maximum atomic E-state index is 11.5. The fourth-order valence-corrected chi connectivity index (χ4v) is 2.90. The van der Waals surface area contributed by atoms with Gasteiger partial charge in [0.1, 0.15) is 0 Å². The van der Waals surface area contributed by atoms with Gasteiger partial charge in [0.25, 0.3) is 10.0 Å². The summed E-state index contributed by atoms with van der Waals surface area (Å²) in [6.07, 6.45) is 4.07. The van der Waals surface area contributed by atoms with E-state index in [1.807, 2.05) is 18.2 Å². The molecule has 0 aliphatic heterocycles. The Kier molecular flexibility index (Phi) is 5.58. The van der Waals surface area contributed by atoms with Crippen molar-refractivity contribution >= 4 is 10.0 Å². The molecule has 0 saturated heterocycles. The van der Waals surface area contributed by atoms with E-state index < -0.39 is 10.0 Å². The number of unbranched alkanes of at least 4 members (excludes halogenated alkanes) is 1. The first-order valence-corrected chi connectivity index (χ1v) is 8.50. The molecule has 0 saturated carbocycles. The summed E-state index contributed by atoms with van der Waals surface area (Å²) in [4.78, 5) is 2.36. The van der Waals surface area contributed by atoms with E-state index >= 15 is 0 Å². The predicted molar refractivity (Wildman–Crippen MR) is 85.9 cm³/mol. The number of hydrogen-bond acceptors (Lipinski definition) is 2. The van der Waals surface area contributed by atoms with Crippen molar-refractivity contribution in [1.29, 1.82) is 0 Å². The lowest BCUT2D eigenvalue weighted by Crippen LogP contribution is -1.96. The normalized spacial score (nSPS) is 10.9. The maximum absolute atomic E-state index is 11.5. The molecule has 114 valence electrons. The lowest BCUT2D eigenvalue weighted by molar-refractivity contribution is 0.597. The molecular weight excluding hydrogens is 298 g/mol. The van der Waals surface area contributed by atoms with Crippen LogP contribution < -0.4 is 0 Å². The quantitative estimate of drug-likeness (QED) is 0.331. The van der Waals surface area contributed by atoms with Crippen molar-refractivity contribution < 1.29 is 8.42 Å². The van der Waals surface area contributed by atoms with Gasteiger partial charge in [-0.05, 0) is 54.5 Å². The van der Waals surface area contributed by atoms with Gasteiger partial charge < -0.3 is 0 Å². The zero-order chi connectivity index (χ0) is 15.8. The standard InChI is InChI=1S/C16H17N3O2S/c17-18-19-22(20,21)16-12-10-15(11-13-16)9-5-4-8-14-6-2-1-3-7-14/h1-3,6-7,10-13H,4-5,8-9H2. The molecule has 0 atom stereocenters. The molecule has 0 aliphatic carbocycles. The molecule has 0 radical (unpaired) electrons. The molecule has 2 aromatic carbocycles. The average Bonchev–Trinajstić information content (AvgIpc) is 2.53. The second-order valence-electron chi connectivity index (χ2n) is 4.98. The van der Waals surface area contributed by atoms with Gasteiger partial charge in [-0.25, -0.2) is 8.42 Å². The average molecular weight is 315 g/mol. The summed E-state index contributed by atoms with van der Waals surface area (Å²) in [5.41, 5.74) is 10.6. The summed E-state index contributed by atoms with van der Waals surface area (Å²) in [6.45, 7) is 0. The van der Waals surface area contributed by atoms with Gasteiger partial charge in [-0.3, -0.25) is 0 Å². The second kappa shape index (κ2) is 7.64. The molecule has 0 aromatic heterocycles. The molecule has 0 heterocycles. The largest absolute Gasteiger partial charge is 0.264 e. The van der Waals surface area contributed by atoms with Crippen LogP contribution in [0, 0.1) is 0 Å². The summed E-state index contributed by atoms with van der Waals surface area (Å²) < 4.78 is 25.9. The molecule has 0 spiro atoms. The minimum Gasteiger partial charge on any atom is -0.216 e. The van der Waals surface area contributed by atoms with Gasteiger partial charge in [-0.15, -0.1) is 0 Å². The van der Waals surface area contributed by atoms with Crippen molar-refractivity contribution in [2.45, 2.75) is 30.6 Å². The Morgan fingerprint density at radius 1 is 0.864 bits per heavy atom. The SMILES string of the molecule is [N-]=[N+]=NS(=O)(=O)c1ccc(CCCCc2ccccc2)cc1. The fourth-order valence-electron chi connectivity index (χ4n) is 2.23. The number of azide groups is 1. The molecule has 0 fully saturated rings. The number of sulfonamides is 1. The highest BCUT2D eigenvalue weighted by Crippen LogP contribution is 2.15. The summed E-state index contributed by atoms with van der Waals surface area (Å²) in [7, 11) is -3.88. The topological polar surface area (TPSA) is 82.9 Å². The summed E-state index contributed by atoms with van der Waals surface area (Å²) in [6, 6.07) is 16.8. The lowest BCUT2D eigenvalue weighted by atomic mass is 10.0. The third-order valence-corrected chi connectivity index (χ3v) is 4.54. The Morgan fingerprint density at radius 2 is 1.41 bits per heavy atom. The van der Waals surface area contributed by atoms with E-state index in [1.165, 1.54) is 17.7 Å². The third-order valence-electron chi connectivity index (χ3n) is 3.39. The van der Waals surface area contributed by atoms with Crippen molar-refractivity contribution in [3.05, 3.63) is 76.2 Å². The Hall–Kier alpha value is -2.30. The molecule has 0 bridgehead atoms. The molecule has 6 heteroatoms. The van der Waals surface area contributed by atoms with Crippen LogP contribution in [0.1, 0.15) is 24.0 Å². The Bertz CT molecular complexity index is 750. The maximum Gasteiger partial charge on any atom is 0.264 e. The van der Waals surface area contributed by atoms with E-state index in [0.29, 0.717) is 0 Å². The first kappa shape index (κ1) is 16.1. The summed E-state index contributed by atoms with van der Waals surface area (Å²) >= 11 is 0. The summed E-state index contributed by atoms with van der Waals surface area (Å²) in [5.74, 6) is 0. The van der Waals surface area contributed by atoms with Crippen LogP contribution in [0.2, 0.25) is 0 Å². The van der Waals surface area contributed by atoms with Gasteiger partial charge in [0.15, 0.2) is 0 Å². The molecule has 2 aromatic rings. The van der Waals surface area contributed by atoms with E-state index in [1.54, 1.807) is 12.1 Å². The third kappa shape index (κ3) is 4.62. The molecule has 0 aliphatic rings. The van der Waals surface area contributed by atoms with Crippen LogP contribution >= 0.6 is 0 Å². The minimum atomic E-state index is -3.88. The minimum absolute atomic E-state index is 0.0262. The van der Waals surface area contributed by atoms with Crippen molar-refractivity contribution in [2.75, 3.05) is 0 Å². The van der Waals surface area contributed by atoms with Crippen LogP contribution in [-0.2, 0) is 22.9 Å². The van der Waals surface area contributed by atoms with Crippen molar-refractivity contribution in [3.63, 3.8) is 0 Å². The highest BCUT2D eigenvalue weighted by molar-refractivity contribution is 7.90. The first-order chi connectivity index (χ1) is 10.6. The van der Waals surface area contributed by atoms with Crippen LogP contribution in [0.5, 0.6) is 0 Å². The molecule has 5 nitrogen and oxygen atoms in total. The van der Waals surface area contributed by atoms with Gasteiger partial charge in [0.2, 0.25) is 0 Å². The van der Waals surface area contributed by atoms with Gasteiger partial charge in [0.05, 0.1) is 4.90 Å². The summed E-state index contributed by atoms with van der Waals surface area (Å²) in [5, 5.41) is 0. The Balaban J connectivity index is 1.86. The Morgan fingerprint density at radius 3 is 1.95 bits per heavy atom. The van der Waals surface area contributed by atoms with Gasteiger partial charge >= 0.3 is 0 Å². The van der Waals surface area contributed by atoms with Gasteiger partial charge in [-0.1, -0.05) is 42.5 Å². The van der Waals surface area contributed by atoms with Crippen molar-refractivity contribution in [3.8, 4) is 0 Å². The van der Waals surface area contributed by atoms with Crippen LogP contribution in [0.4, 0.5) is 0 Å². The number of benzene rings is 2. The zero-order valence-electron chi connectivity index (χ0n) is 12.1. The molecule has 0 unspecified atom stereocenters. The molecule has 0 N–H and O–H groups in total. The van der Waals surface area contributed by atoms with E-state index in [0.717, 1.165) is 31.2 Å². The van der Waals surface area contributed by atoms with Crippen LogP contribution in [-0.4, -0.2) is 8.42 Å². The first-order valence-electron chi connectivity index (χ1n) is 7.06. The molecule has 0 amide bonds. The predicted octanol–water partition coefficient (Wildman–Crippen LogP) is 4.25. The smallest absolute Gasteiger partial charge is 0.216 e. The number of rotatable bonds is 7. The lowest BCUT2D eigenvalue weighted by Gasteiger charge is -2.04. The molecular formula is C16H17N3O2S. The van der Waals surface area contributed by atoms with E-state index in [4.69, 9.17) is 5.53 Å². The second-order valence-corrected chi connectivity index (χ2v) is 6.57. The Labute approximate surface area is 130 Å². The molecule has 22 heavy (non-hydrogen) atoms. The van der Waals surface area contributed by atoms with Gasteiger partial charge in [0, 0.05) is 9.43 Å². The monoisotopic (exact) mass is 315 g/mol. The fraction of sp³-hybridized carbons (Fsp3) is 0.250. The van der Waals surface area contributed by atoms with E-state index in [2.05, 4.69) is 21.6 Å². The van der Waals surface area contributed by atoms with Crippen LogP contribution in [0.3, 0.4) is 0 Å². The van der Waals surface area contributed by atoms with Crippen LogP contribution in [0.15, 0.2) is 64.0 Å². The van der Waals surface area contributed by atoms with Crippen molar-refractivity contribution in [1.82, 2.24) is 0 Å². The van der Waals surface area contributed by atoms with Gasteiger partial charge in [-0.2, -0.15) is 0 Å². The highest BCUT2D eigenvalue weighted by Gasteiger charge is 2.10. The van der Waals surface area contributed by atoms with Crippen molar-refractivity contribution in [2.24, 2.45) is 4.52 Å². The molecule has 2 rings (SSSR count). The number of hydrogen-bond donors (Lipinski definition) is 0. The van der Waals surface area contributed by atoms with E-state index in [-0.39, 0.29) is 4.90 Å². The van der Waals surface area contributed by atoms with Crippen LogP contribution in [0.25, 0.3) is 10.4 Å². The number of nitrogens with zero attached hydrogens (tertiary/aromatic N) is 3. The highest BCUT2D eigenvalue weighted by atomic mass is 32.2. The number of aryl methyl sites for hydroxylation is 2.